The van der Waals surface area contributed by atoms with Gasteiger partial charge in [0.05, 0.1) is 0 Å². The molecule has 7 aliphatic rings. The molecule has 1 fully saturated rings. The van der Waals surface area contributed by atoms with Crippen LogP contribution < -0.4 is 10.1 Å². The van der Waals surface area contributed by atoms with Gasteiger partial charge in [-0.25, -0.2) is 0 Å². The van der Waals surface area contributed by atoms with Crippen molar-refractivity contribution in [3.05, 3.63) is 154 Å². The Labute approximate surface area is 321 Å². The molecule has 4 aromatic rings. The van der Waals surface area contributed by atoms with Crippen LogP contribution in [0.25, 0.3) is 39.3 Å². The highest BCUT2D eigenvalue weighted by Crippen LogP contribution is 2.53. The highest BCUT2D eigenvalue weighted by Gasteiger charge is 2.44. The molecule has 2 aliphatic heterocycles. The van der Waals surface area contributed by atoms with Crippen LogP contribution in [0.1, 0.15) is 100 Å². The summed E-state index contributed by atoms with van der Waals surface area (Å²) in [4.78, 5) is 5.43. The minimum absolute atomic E-state index is 0.0236. The number of likely N-dealkylation sites (tertiary alicyclic amines) is 1. The van der Waals surface area contributed by atoms with Gasteiger partial charge in [-0.1, -0.05) is 117 Å². The first-order chi connectivity index (χ1) is 26.4. The summed E-state index contributed by atoms with van der Waals surface area (Å²) in [5.41, 5.74) is 13.2. The maximum absolute atomic E-state index is 2.84. The first kappa shape index (κ1) is 32.7. The molecule has 0 saturated carbocycles. The Morgan fingerprint density at radius 1 is 0.852 bits per heavy atom. The molecule has 0 amide bonds. The number of hydrogen-bond donors (Lipinski definition) is 0. The molecule has 54 heavy (non-hydrogen) atoms. The van der Waals surface area contributed by atoms with E-state index in [1.165, 1.54) is 110 Å². The minimum atomic E-state index is -0.0236. The Hall–Kier alpha value is -4.66. The Balaban J connectivity index is 0.914. The molecule has 11 rings (SSSR count). The van der Waals surface area contributed by atoms with Gasteiger partial charge in [-0.2, -0.15) is 0 Å². The van der Waals surface area contributed by atoms with E-state index >= 15 is 0 Å². The molecular weight excluding hydrogens is 653 g/mol. The largest absolute Gasteiger partial charge is 0.342 e. The van der Waals surface area contributed by atoms with Crippen LogP contribution in [0.4, 0.5) is 5.69 Å². The fraction of sp³-hybridized carbons (Fsp3) is 0.346. The molecule has 5 aliphatic carbocycles. The van der Waals surface area contributed by atoms with E-state index in [0.29, 0.717) is 17.9 Å². The van der Waals surface area contributed by atoms with Crippen molar-refractivity contribution in [2.24, 2.45) is 11.8 Å². The quantitative estimate of drug-likeness (QED) is 0.209. The summed E-state index contributed by atoms with van der Waals surface area (Å²) in [7, 11) is 0. The average molecular weight is 705 g/mol. The fourth-order valence-corrected chi connectivity index (χ4v) is 11.7. The number of anilines is 1. The van der Waals surface area contributed by atoms with Crippen molar-refractivity contribution in [2.75, 3.05) is 18.0 Å². The summed E-state index contributed by atoms with van der Waals surface area (Å²) in [5.74, 6) is 0.969. The second kappa shape index (κ2) is 12.2. The van der Waals surface area contributed by atoms with Crippen molar-refractivity contribution in [2.45, 2.75) is 89.1 Å². The molecule has 0 bridgehead atoms. The van der Waals surface area contributed by atoms with E-state index in [1.54, 1.807) is 5.57 Å². The van der Waals surface area contributed by atoms with Gasteiger partial charge in [0.2, 0.25) is 0 Å². The van der Waals surface area contributed by atoms with Gasteiger partial charge < -0.3 is 4.90 Å². The molecule has 4 aromatic carbocycles. The second-order valence-electron chi connectivity index (χ2n) is 17.8. The normalized spacial score (nSPS) is 28.2. The van der Waals surface area contributed by atoms with Gasteiger partial charge >= 0.3 is 0 Å². The van der Waals surface area contributed by atoms with Crippen LogP contribution in [0.3, 0.4) is 0 Å². The van der Waals surface area contributed by atoms with E-state index in [1.807, 2.05) is 0 Å². The van der Waals surface area contributed by atoms with Crippen molar-refractivity contribution >= 4 is 45.0 Å². The maximum Gasteiger partial charge on any atom is 0.0435 e. The van der Waals surface area contributed by atoms with Crippen LogP contribution in [0.5, 0.6) is 0 Å². The van der Waals surface area contributed by atoms with Crippen molar-refractivity contribution < 1.29 is 0 Å². The van der Waals surface area contributed by atoms with E-state index in [-0.39, 0.29) is 11.0 Å². The number of benzene rings is 4. The van der Waals surface area contributed by atoms with E-state index in [9.17, 15) is 0 Å². The third-order valence-corrected chi connectivity index (χ3v) is 14.6. The zero-order valence-corrected chi connectivity index (χ0v) is 32.2. The molecule has 0 aromatic heterocycles. The number of fused-ring (bicyclic) bond motifs is 4. The Bertz CT molecular complexity index is 2530. The Morgan fingerprint density at radius 2 is 1.78 bits per heavy atom. The first-order valence-corrected chi connectivity index (χ1v) is 20.9. The van der Waals surface area contributed by atoms with Crippen molar-refractivity contribution in [3.8, 4) is 0 Å². The lowest BCUT2D eigenvalue weighted by molar-refractivity contribution is 0.0250. The molecular formula is C52H52N2. The number of allylic oxidation sites excluding steroid dienone is 10. The Kier molecular flexibility index (Phi) is 7.38. The summed E-state index contributed by atoms with van der Waals surface area (Å²) in [6.07, 6.45) is 36.4. The minimum Gasteiger partial charge on any atom is -0.342 e. The van der Waals surface area contributed by atoms with E-state index in [2.05, 4.69) is 152 Å². The number of nitrogens with zero attached hydrogens (tertiary/aromatic N) is 2. The van der Waals surface area contributed by atoms with Gasteiger partial charge in [0.1, 0.15) is 0 Å². The predicted molar refractivity (Wildman–Crippen MR) is 229 cm³/mol. The van der Waals surface area contributed by atoms with Gasteiger partial charge in [-0.05, 0) is 161 Å². The van der Waals surface area contributed by atoms with Crippen LogP contribution >= 0.6 is 0 Å². The van der Waals surface area contributed by atoms with E-state index in [4.69, 9.17) is 0 Å². The van der Waals surface area contributed by atoms with Gasteiger partial charge in [-0.15, -0.1) is 0 Å². The molecule has 4 unspecified atom stereocenters. The average Bonchev–Trinajstić information content (AvgIpc) is 3.43. The van der Waals surface area contributed by atoms with Crippen molar-refractivity contribution in [1.29, 1.82) is 0 Å². The van der Waals surface area contributed by atoms with Crippen LogP contribution in [-0.4, -0.2) is 23.5 Å². The number of rotatable bonds is 4. The molecule has 0 spiro atoms. The van der Waals surface area contributed by atoms with Gasteiger partial charge in [-0.3, -0.25) is 4.90 Å². The zero-order valence-electron chi connectivity index (χ0n) is 32.2. The molecule has 0 radical (unpaired) electrons. The van der Waals surface area contributed by atoms with Gasteiger partial charge in [0, 0.05) is 34.9 Å². The predicted octanol–water partition coefficient (Wildman–Crippen LogP) is 12.1. The first-order valence-electron chi connectivity index (χ1n) is 20.9. The molecule has 270 valence electrons. The SMILES string of the molecule is CC1(C)C2=CC(/C=C/c3ccc4ccc5c6c(ccc3c46)=CCC5N3CCCC4C=CC=CC43C)CC=C2c2ccc(N3CCCC4=C3C=CCC4)cc21. The summed E-state index contributed by atoms with van der Waals surface area (Å²) in [6.45, 7) is 9.64. The zero-order chi connectivity index (χ0) is 36.2. The molecule has 2 nitrogen and oxygen atoms in total. The topological polar surface area (TPSA) is 6.48 Å². The summed E-state index contributed by atoms with van der Waals surface area (Å²) >= 11 is 0. The third-order valence-electron chi connectivity index (χ3n) is 14.6. The number of piperidine rings is 1. The molecule has 2 heteroatoms. The van der Waals surface area contributed by atoms with E-state index < -0.39 is 0 Å². The summed E-state index contributed by atoms with van der Waals surface area (Å²) < 4.78 is 0. The Morgan fingerprint density at radius 3 is 2.72 bits per heavy atom. The second-order valence-corrected chi connectivity index (χ2v) is 17.8. The molecule has 4 atom stereocenters. The molecule has 1 saturated heterocycles. The van der Waals surface area contributed by atoms with Crippen LogP contribution in [-0.2, 0) is 5.41 Å². The lowest BCUT2D eigenvalue weighted by Crippen LogP contribution is -2.55. The van der Waals surface area contributed by atoms with Crippen LogP contribution in [0.2, 0.25) is 0 Å². The lowest BCUT2D eigenvalue weighted by atomic mass is 9.73. The summed E-state index contributed by atoms with van der Waals surface area (Å²) in [5, 5.41) is 7.07. The molecule has 2 heterocycles. The van der Waals surface area contributed by atoms with Crippen molar-refractivity contribution in [3.63, 3.8) is 0 Å². The molecule has 0 N–H and O–H groups in total. The number of hydrogen-bond acceptors (Lipinski definition) is 2. The highest BCUT2D eigenvalue weighted by atomic mass is 15.2. The van der Waals surface area contributed by atoms with Crippen molar-refractivity contribution in [1.82, 2.24) is 4.90 Å². The van der Waals surface area contributed by atoms with Crippen LogP contribution in [0.15, 0.2) is 126 Å². The van der Waals surface area contributed by atoms with E-state index in [0.717, 1.165) is 25.9 Å². The fourth-order valence-electron chi connectivity index (χ4n) is 11.7. The van der Waals surface area contributed by atoms with Crippen LogP contribution in [0, 0.1) is 11.8 Å². The van der Waals surface area contributed by atoms with Gasteiger partial charge in [0.25, 0.3) is 0 Å². The third kappa shape index (κ3) is 4.81. The maximum atomic E-state index is 2.84. The standard InChI is InChI=1S/C52H52N2/c1-51(2)45-32-34(16-24-42(45)43-27-23-40(33-46(43)51)53-30-8-11-36-10-4-5-14-47(36)53)15-17-35-18-19-37-21-26-44-48(28-22-38-20-25-41(35)49(37)50(38)44)54-31-9-13-39-12-6-7-29-52(39,54)3/h5-7,12,14-15,17-27,29,32-34,39,48H,4,8-11,13,16,28,30-31H2,1-3H3/b17-15+. The summed E-state index contributed by atoms with van der Waals surface area (Å²) in [6, 6.07) is 22.1. The smallest absolute Gasteiger partial charge is 0.0435 e. The monoisotopic (exact) mass is 704 g/mol. The highest BCUT2D eigenvalue weighted by molar-refractivity contribution is 6.14. The van der Waals surface area contributed by atoms with Gasteiger partial charge in [0.15, 0.2) is 0 Å². The lowest BCUT2D eigenvalue weighted by Gasteiger charge is -2.52.